The molecule has 0 saturated heterocycles. The van der Waals surface area contributed by atoms with Gasteiger partial charge in [0.05, 0.1) is 23.1 Å². The van der Waals surface area contributed by atoms with Gasteiger partial charge in [-0.05, 0) is 25.1 Å². The minimum atomic E-state index is -4.39. The molecule has 110 valence electrons. The number of anilines is 1. The number of aryl methyl sites for hydroxylation is 1. The number of thiazole rings is 1. The number of imidazole rings is 1. The average Bonchev–Trinajstić information content (AvgIpc) is 2.93. The highest BCUT2D eigenvalue weighted by Crippen LogP contribution is 2.32. The number of hydrogen-bond acceptors (Lipinski definition) is 4. The standard InChI is InChI=1S/C13H11F3N4S/c1-7-6-21-11(18-7)5-20-10-3-2-8(13(14,15)16)4-9(10)19-12(20)17/h2-4,6H,5H2,1H3,(H2,17,19). The van der Waals surface area contributed by atoms with E-state index in [0.717, 1.165) is 22.8 Å². The normalized spacial score (nSPS) is 12.2. The molecule has 0 aliphatic rings. The van der Waals surface area contributed by atoms with Gasteiger partial charge in [0.15, 0.2) is 0 Å². The third-order valence-electron chi connectivity index (χ3n) is 3.07. The summed E-state index contributed by atoms with van der Waals surface area (Å²) in [6.07, 6.45) is -4.39. The summed E-state index contributed by atoms with van der Waals surface area (Å²) in [5.74, 6) is 0.178. The molecule has 0 unspecified atom stereocenters. The Bertz CT molecular complexity index is 803. The molecule has 21 heavy (non-hydrogen) atoms. The lowest BCUT2D eigenvalue weighted by Gasteiger charge is -2.07. The van der Waals surface area contributed by atoms with Crippen LogP contribution in [0.25, 0.3) is 11.0 Å². The van der Waals surface area contributed by atoms with Gasteiger partial charge in [-0.25, -0.2) is 9.97 Å². The van der Waals surface area contributed by atoms with E-state index in [2.05, 4.69) is 9.97 Å². The van der Waals surface area contributed by atoms with E-state index in [9.17, 15) is 13.2 Å². The molecule has 0 aliphatic heterocycles. The van der Waals surface area contributed by atoms with E-state index >= 15 is 0 Å². The van der Waals surface area contributed by atoms with Crippen molar-refractivity contribution >= 4 is 28.3 Å². The Morgan fingerprint density at radius 3 is 2.67 bits per heavy atom. The summed E-state index contributed by atoms with van der Waals surface area (Å²) in [5, 5.41) is 2.74. The van der Waals surface area contributed by atoms with Gasteiger partial charge in [0.2, 0.25) is 5.95 Å². The fourth-order valence-corrected chi connectivity index (χ4v) is 2.86. The maximum atomic E-state index is 12.7. The lowest BCUT2D eigenvalue weighted by atomic mass is 10.2. The second-order valence-electron chi connectivity index (χ2n) is 4.64. The monoisotopic (exact) mass is 312 g/mol. The van der Waals surface area contributed by atoms with Crippen molar-refractivity contribution in [1.82, 2.24) is 14.5 Å². The largest absolute Gasteiger partial charge is 0.416 e. The van der Waals surface area contributed by atoms with Crippen molar-refractivity contribution in [1.29, 1.82) is 0 Å². The molecule has 0 aliphatic carbocycles. The Kier molecular flexibility index (Phi) is 3.12. The molecule has 0 radical (unpaired) electrons. The van der Waals surface area contributed by atoms with Gasteiger partial charge in [-0.3, -0.25) is 0 Å². The molecule has 0 spiro atoms. The summed E-state index contributed by atoms with van der Waals surface area (Å²) in [5.41, 5.74) is 6.78. The number of alkyl halides is 3. The molecule has 0 bridgehead atoms. The van der Waals surface area contributed by atoms with Crippen molar-refractivity contribution in [3.05, 3.63) is 39.8 Å². The lowest BCUT2D eigenvalue weighted by molar-refractivity contribution is -0.137. The first-order valence-corrected chi connectivity index (χ1v) is 6.96. The summed E-state index contributed by atoms with van der Waals surface area (Å²) >= 11 is 1.48. The fourth-order valence-electron chi connectivity index (χ4n) is 2.10. The van der Waals surface area contributed by atoms with Gasteiger partial charge >= 0.3 is 6.18 Å². The highest BCUT2D eigenvalue weighted by molar-refractivity contribution is 7.09. The molecule has 3 aromatic rings. The summed E-state index contributed by atoms with van der Waals surface area (Å²) in [6, 6.07) is 3.43. The predicted octanol–water partition coefficient (Wildman–Crippen LogP) is 3.45. The number of fused-ring (bicyclic) bond motifs is 1. The maximum absolute atomic E-state index is 12.7. The van der Waals surface area contributed by atoms with Crippen LogP contribution in [0.3, 0.4) is 0 Å². The van der Waals surface area contributed by atoms with Gasteiger partial charge < -0.3 is 10.3 Å². The van der Waals surface area contributed by atoms with Crippen LogP contribution in [0.15, 0.2) is 23.6 Å². The van der Waals surface area contributed by atoms with E-state index in [0.29, 0.717) is 12.1 Å². The predicted molar refractivity (Wildman–Crippen MR) is 75.1 cm³/mol. The van der Waals surface area contributed by atoms with Gasteiger partial charge in [0, 0.05) is 11.1 Å². The van der Waals surface area contributed by atoms with Crippen LogP contribution in [-0.4, -0.2) is 14.5 Å². The molecule has 3 rings (SSSR count). The Balaban J connectivity index is 2.05. The summed E-state index contributed by atoms with van der Waals surface area (Å²) < 4.78 is 39.8. The number of hydrogen-bond donors (Lipinski definition) is 1. The van der Waals surface area contributed by atoms with E-state index in [1.54, 1.807) is 4.57 Å². The number of nitrogens with zero attached hydrogens (tertiary/aromatic N) is 3. The average molecular weight is 312 g/mol. The number of benzene rings is 1. The van der Waals surface area contributed by atoms with Crippen molar-refractivity contribution in [2.24, 2.45) is 0 Å². The van der Waals surface area contributed by atoms with Crippen LogP contribution >= 0.6 is 11.3 Å². The minimum Gasteiger partial charge on any atom is -0.369 e. The molecular weight excluding hydrogens is 301 g/mol. The van der Waals surface area contributed by atoms with Crippen molar-refractivity contribution in [3.63, 3.8) is 0 Å². The van der Waals surface area contributed by atoms with Gasteiger partial charge in [0.25, 0.3) is 0 Å². The van der Waals surface area contributed by atoms with Gasteiger partial charge in [0.1, 0.15) is 5.01 Å². The Morgan fingerprint density at radius 2 is 2.05 bits per heavy atom. The van der Waals surface area contributed by atoms with Crippen LogP contribution in [0.2, 0.25) is 0 Å². The van der Waals surface area contributed by atoms with E-state index in [1.807, 2.05) is 12.3 Å². The summed E-state index contributed by atoms with van der Waals surface area (Å²) in [4.78, 5) is 8.33. The lowest BCUT2D eigenvalue weighted by Crippen LogP contribution is -2.05. The topological polar surface area (TPSA) is 56.7 Å². The first kappa shape index (κ1) is 13.9. The van der Waals surface area contributed by atoms with Crippen molar-refractivity contribution < 1.29 is 13.2 Å². The smallest absolute Gasteiger partial charge is 0.369 e. The molecule has 2 aromatic heterocycles. The SMILES string of the molecule is Cc1csc(Cn2c(N)nc3cc(C(F)(F)F)ccc32)n1. The van der Waals surface area contributed by atoms with Crippen molar-refractivity contribution in [3.8, 4) is 0 Å². The molecule has 8 heteroatoms. The maximum Gasteiger partial charge on any atom is 0.416 e. The van der Waals surface area contributed by atoms with E-state index in [1.165, 1.54) is 17.4 Å². The van der Waals surface area contributed by atoms with Crippen molar-refractivity contribution in [2.75, 3.05) is 5.73 Å². The van der Waals surface area contributed by atoms with E-state index in [4.69, 9.17) is 5.73 Å². The second-order valence-corrected chi connectivity index (χ2v) is 5.58. The quantitative estimate of drug-likeness (QED) is 0.788. The van der Waals surface area contributed by atoms with Crippen LogP contribution in [0.1, 0.15) is 16.3 Å². The fraction of sp³-hybridized carbons (Fsp3) is 0.231. The Hall–Kier alpha value is -2.09. The van der Waals surface area contributed by atoms with Crippen molar-refractivity contribution in [2.45, 2.75) is 19.6 Å². The van der Waals surface area contributed by atoms with E-state index < -0.39 is 11.7 Å². The van der Waals surface area contributed by atoms with Crippen LogP contribution in [0, 0.1) is 6.92 Å². The molecule has 0 amide bonds. The van der Waals surface area contributed by atoms with Gasteiger partial charge in [-0.15, -0.1) is 11.3 Å². The number of rotatable bonds is 2. The first-order valence-electron chi connectivity index (χ1n) is 6.08. The third kappa shape index (κ3) is 2.58. The van der Waals surface area contributed by atoms with Crippen LogP contribution in [-0.2, 0) is 12.7 Å². The molecule has 0 saturated carbocycles. The zero-order valence-electron chi connectivity index (χ0n) is 11.0. The number of aromatic nitrogens is 3. The summed E-state index contributed by atoms with van der Waals surface area (Å²) in [7, 11) is 0. The first-order chi connectivity index (χ1) is 9.84. The van der Waals surface area contributed by atoms with Crippen LogP contribution in [0.5, 0.6) is 0 Å². The highest BCUT2D eigenvalue weighted by Gasteiger charge is 2.31. The van der Waals surface area contributed by atoms with Crippen LogP contribution < -0.4 is 5.73 Å². The molecule has 0 fully saturated rings. The number of halogens is 3. The zero-order valence-corrected chi connectivity index (χ0v) is 11.8. The van der Waals surface area contributed by atoms with Gasteiger partial charge in [-0.1, -0.05) is 0 Å². The third-order valence-corrected chi connectivity index (χ3v) is 4.02. The zero-order chi connectivity index (χ0) is 15.2. The Morgan fingerprint density at radius 1 is 1.29 bits per heavy atom. The Labute approximate surface area is 122 Å². The number of nitrogen functional groups attached to an aromatic ring is 1. The summed E-state index contributed by atoms with van der Waals surface area (Å²) in [6.45, 7) is 2.27. The molecule has 2 heterocycles. The number of nitrogens with two attached hydrogens (primary N) is 1. The van der Waals surface area contributed by atoms with Gasteiger partial charge in [-0.2, -0.15) is 13.2 Å². The van der Waals surface area contributed by atoms with E-state index in [-0.39, 0.29) is 11.5 Å². The molecule has 2 N–H and O–H groups in total. The molecule has 4 nitrogen and oxygen atoms in total. The highest BCUT2D eigenvalue weighted by atomic mass is 32.1. The molecule has 1 aromatic carbocycles. The minimum absolute atomic E-state index is 0.178. The molecular formula is C13H11F3N4S. The second kappa shape index (κ2) is 4.73. The van der Waals surface area contributed by atoms with Crippen LogP contribution in [0.4, 0.5) is 19.1 Å². The molecule has 0 atom stereocenters.